The van der Waals surface area contributed by atoms with Gasteiger partial charge in [0, 0.05) is 5.38 Å². The van der Waals surface area contributed by atoms with Gasteiger partial charge in [0.1, 0.15) is 11.6 Å². The van der Waals surface area contributed by atoms with Gasteiger partial charge in [0.15, 0.2) is 4.47 Å². The first kappa shape index (κ1) is 10.4. The second-order valence-corrected chi connectivity index (χ2v) is 4.24. The van der Waals surface area contributed by atoms with Gasteiger partial charge in [0.25, 0.3) is 0 Å². The van der Waals surface area contributed by atoms with Crippen LogP contribution in [0.5, 0.6) is 5.75 Å². The van der Waals surface area contributed by atoms with Gasteiger partial charge in [0.05, 0.1) is 18.4 Å². The molecule has 78 valence electrons. The molecule has 0 aliphatic heterocycles. The first-order valence-corrected chi connectivity index (χ1v) is 5.42. The summed E-state index contributed by atoms with van der Waals surface area (Å²) in [5, 5.41) is 1.70. The highest BCUT2D eigenvalue weighted by Crippen LogP contribution is 2.33. The Morgan fingerprint density at radius 3 is 2.87 bits per heavy atom. The van der Waals surface area contributed by atoms with E-state index in [2.05, 4.69) is 4.98 Å². The molecule has 0 spiro atoms. The smallest absolute Gasteiger partial charge is 0.184 e. The summed E-state index contributed by atoms with van der Waals surface area (Å²) in [5.74, 6) is 0.0910. The third kappa shape index (κ3) is 1.96. The molecule has 1 aromatic heterocycles. The maximum Gasteiger partial charge on any atom is 0.184 e. The summed E-state index contributed by atoms with van der Waals surface area (Å²) in [7, 11) is 1.49. The molecule has 2 aromatic rings. The van der Waals surface area contributed by atoms with Crippen LogP contribution >= 0.6 is 22.9 Å². The maximum atomic E-state index is 13.6. The zero-order chi connectivity index (χ0) is 10.8. The predicted molar refractivity (Wildman–Crippen MR) is 59.1 cm³/mol. The molecule has 0 radical (unpaired) electrons. The van der Waals surface area contributed by atoms with Crippen molar-refractivity contribution in [3.05, 3.63) is 33.9 Å². The molecule has 2 rings (SSSR count). The van der Waals surface area contributed by atoms with Gasteiger partial charge < -0.3 is 4.74 Å². The number of nitrogens with zero attached hydrogens (tertiary/aromatic N) is 1. The zero-order valence-electron chi connectivity index (χ0n) is 7.83. The molecule has 2 nitrogen and oxygen atoms in total. The number of aromatic nitrogens is 1. The number of hydrogen-bond donors (Lipinski definition) is 0. The average molecular weight is 244 g/mol. The van der Waals surface area contributed by atoms with Crippen LogP contribution in [0.2, 0.25) is 4.47 Å². The maximum absolute atomic E-state index is 13.6. The lowest BCUT2D eigenvalue weighted by molar-refractivity contribution is 0.413. The highest BCUT2D eigenvalue weighted by molar-refractivity contribution is 7.14. The zero-order valence-corrected chi connectivity index (χ0v) is 9.40. The van der Waals surface area contributed by atoms with E-state index in [1.807, 2.05) is 0 Å². The van der Waals surface area contributed by atoms with Crippen LogP contribution in [0.25, 0.3) is 11.3 Å². The molecule has 0 aliphatic rings. The molecule has 0 saturated carbocycles. The highest BCUT2D eigenvalue weighted by atomic mass is 35.5. The van der Waals surface area contributed by atoms with E-state index in [1.54, 1.807) is 17.5 Å². The number of ether oxygens (including phenoxy) is 1. The van der Waals surface area contributed by atoms with E-state index in [4.69, 9.17) is 16.3 Å². The van der Waals surface area contributed by atoms with Gasteiger partial charge in [-0.25, -0.2) is 9.37 Å². The van der Waals surface area contributed by atoms with Crippen molar-refractivity contribution in [1.82, 2.24) is 4.98 Å². The Bertz CT molecular complexity index is 486. The molecule has 0 bridgehead atoms. The number of rotatable bonds is 2. The minimum atomic E-state index is -0.365. The monoisotopic (exact) mass is 243 g/mol. The number of methoxy groups -OCH3 is 1. The summed E-state index contributed by atoms with van der Waals surface area (Å²) >= 11 is 6.96. The van der Waals surface area contributed by atoms with Gasteiger partial charge >= 0.3 is 0 Å². The number of benzene rings is 1. The predicted octanol–water partition coefficient (Wildman–Crippen LogP) is 3.61. The standard InChI is InChI=1S/C10H7ClFNOS/c1-14-8-4-2-3-6(12)9(8)7-5-15-10(11)13-7/h2-5H,1H3. The van der Waals surface area contributed by atoms with E-state index < -0.39 is 0 Å². The largest absolute Gasteiger partial charge is 0.496 e. The summed E-state index contributed by atoms with van der Waals surface area (Å²) in [5.41, 5.74) is 0.850. The summed E-state index contributed by atoms with van der Waals surface area (Å²) < 4.78 is 19.0. The van der Waals surface area contributed by atoms with Crippen molar-refractivity contribution in [2.75, 3.05) is 7.11 Å². The summed E-state index contributed by atoms with van der Waals surface area (Å²) in [6.07, 6.45) is 0. The Balaban J connectivity index is 2.60. The first-order valence-electron chi connectivity index (χ1n) is 4.16. The molecule has 5 heteroatoms. The normalized spacial score (nSPS) is 10.3. The summed E-state index contributed by atoms with van der Waals surface area (Å²) in [6, 6.07) is 4.64. The number of hydrogen-bond acceptors (Lipinski definition) is 3. The van der Waals surface area contributed by atoms with Gasteiger partial charge in [-0.15, -0.1) is 11.3 Å². The van der Waals surface area contributed by atoms with Crippen molar-refractivity contribution in [3.63, 3.8) is 0 Å². The lowest BCUT2D eigenvalue weighted by atomic mass is 10.1. The molecule has 1 aromatic carbocycles. The Morgan fingerprint density at radius 2 is 2.27 bits per heavy atom. The second kappa shape index (κ2) is 4.16. The minimum absolute atomic E-state index is 0.350. The van der Waals surface area contributed by atoms with Crippen LogP contribution in [0.1, 0.15) is 0 Å². The SMILES string of the molecule is COc1cccc(F)c1-c1csc(Cl)n1. The molecule has 1 heterocycles. The lowest BCUT2D eigenvalue weighted by Gasteiger charge is -2.06. The average Bonchev–Trinajstić information content (AvgIpc) is 2.64. The van der Waals surface area contributed by atoms with E-state index in [0.29, 0.717) is 21.5 Å². The Morgan fingerprint density at radius 1 is 1.47 bits per heavy atom. The summed E-state index contributed by atoms with van der Waals surface area (Å²) in [4.78, 5) is 4.01. The third-order valence-corrected chi connectivity index (χ3v) is 2.91. The van der Waals surface area contributed by atoms with Crippen LogP contribution in [0.3, 0.4) is 0 Å². The topological polar surface area (TPSA) is 22.1 Å². The molecule has 0 N–H and O–H groups in total. The molecular weight excluding hydrogens is 237 g/mol. The van der Waals surface area contributed by atoms with Crippen LogP contribution in [-0.4, -0.2) is 12.1 Å². The fraction of sp³-hybridized carbons (Fsp3) is 0.100. The van der Waals surface area contributed by atoms with Gasteiger partial charge in [-0.05, 0) is 12.1 Å². The number of halogens is 2. The molecule has 0 unspecified atom stereocenters. The fourth-order valence-electron chi connectivity index (χ4n) is 1.29. The van der Waals surface area contributed by atoms with E-state index in [9.17, 15) is 4.39 Å². The van der Waals surface area contributed by atoms with Crippen LogP contribution in [0, 0.1) is 5.82 Å². The van der Waals surface area contributed by atoms with Crippen molar-refractivity contribution >= 4 is 22.9 Å². The number of thiazole rings is 1. The van der Waals surface area contributed by atoms with Crippen LogP contribution < -0.4 is 4.74 Å². The second-order valence-electron chi connectivity index (χ2n) is 2.80. The van der Waals surface area contributed by atoms with Crippen molar-refractivity contribution < 1.29 is 9.13 Å². The van der Waals surface area contributed by atoms with E-state index in [-0.39, 0.29) is 5.82 Å². The Kier molecular flexibility index (Phi) is 2.88. The first-order chi connectivity index (χ1) is 7.22. The van der Waals surface area contributed by atoms with Gasteiger partial charge in [-0.3, -0.25) is 0 Å². The van der Waals surface area contributed by atoms with Crippen LogP contribution in [-0.2, 0) is 0 Å². The van der Waals surface area contributed by atoms with Gasteiger partial charge in [0.2, 0.25) is 0 Å². The fourth-order valence-corrected chi connectivity index (χ4v) is 2.04. The Labute approximate surface area is 95.3 Å². The molecular formula is C10H7ClFNOS. The van der Waals surface area contributed by atoms with Crippen LogP contribution in [0.15, 0.2) is 23.6 Å². The lowest BCUT2D eigenvalue weighted by Crippen LogP contribution is -1.91. The van der Waals surface area contributed by atoms with Gasteiger partial charge in [-0.2, -0.15) is 0 Å². The Hall–Kier alpha value is -1.13. The quantitative estimate of drug-likeness (QED) is 0.804. The molecule has 0 atom stereocenters. The van der Waals surface area contributed by atoms with Crippen LogP contribution in [0.4, 0.5) is 4.39 Å². The van der Waals surface area contributed by atoms with Crippen molar-refractivity contribution in [2.45, 2.75) is 0 Å². The molecule has 0 aliphatic carbocycles. The highest BCUT2D eigenvalue weighted by Gasteiger charge is 2.14. The van der Waals surface area contributed by atoms with E-state index in [0.717, 1.165) is 0 Å². The molecule has 0 fully saturated rings. The van der Waals surface area contributed by atoms with E-state index in [1.165, 1.54) is 24.5 Å². The molecule has 0 amide bonds. The summed E-state index contributed by atoms with van der Waals surface area (Å²) in [6.45, 7) is 0. The van der Waals surface area contributed by atoms with Crippen molar-refractivity contribution in [3.8, 4) is 17.0 Å². The molecule has 15 heavy (non-hydrogen) atoms. The third-order valence-electron chi connectivity index (χ3n) is 1.93. The molecule has 0 saturated heterocycles. The van der Waals surface area contributed by atoms with E-state index >= 15 is 0 Å². The van der Waals surface area contributed by atoms with Crippen molar-refractivity contribution in [1.29, 1.82) is 0 Å². The van der Waals surface area contributed by atoms with Crippen molar-refractivity contribution in [2.24, 2.45) is 0 Å². The minimum Gasteiger partial charge on any atom is -0.496 e. The van der Waals surface area contributed by atoms with Gasteiger partial charge in [-0.1, -0.05) is 17.7 Å².